The summed E-state index contributed by atoms with van der Waals surface area (Å²) in [7, 11) is 0. The third-order valence-corrected chi connectivity index (χ3v) is 2.59. The Bertz CT molecular complexity index is 405. The van der Waals surface area contributed by atoms with Gasteiger partial charge in [0.15, 0.2) is 11.5 Å². The van der Waals surface area contributed by atoms with E-state index in [9.17, 15) is 9.90 Å². The minimum absolute atomic E-state index is 0.107. The smallest absolute Gasteiger partial charge is 0.251 e. The van der Waals surface area contributed by atoms with Gasteiger partial charge in [-0.3, -0.25) is 4.79 Å². The number of carbonyl (C=O) groups is 1. The molecule has 0 saturated carbocycles. The lowest BCUT2D eigenvalue weighted by Gasteiger charge is -2.16. The molecule has 0 heterocycles. The zero-order valence-corrected chi connectivity index (χ0v) is 9.97. The molecule has 0 aliphatic carbocycles. The molecule has 17 heavy (non-hydrogen) atoms. The Hall–Kier alpha value is -1.75. The van der Waals surface area contributed by atoms with Gasteiger partial charge in [-0.05, 0) is 24.1 Å². The summed E-state index contributed by atoms with van der Waals surface area (Å²) in [6.07, 6.45) is 0. The van der Waals surface area contributed by atoms with Crippen LogP contribution in [0.2, 0.25) is 0 Å². The van der Waals surface area contributed by atoms with Crippen LogP contribution in [0.15, 0.2) is 18.2 Å². The molecule has 94 valence electrons. The van der Waals surface area contributed by atoms with Crippen LogP contribution in [0.4, 0.5) is 0 Å². The first-order valence-corrected chi connectivity index (χ1v) is 5.47. The van der Waals surface area contributed by atoms with Crippen molar-refractivity contribution in [3.63, 3.8) is 0 Å². The summed E-state index contributed by atoms with van der Waals surface area (Å²) in [6, 6.07) is 3.81. The number of rotatable bonds is 4. The van der Waals surface area contributed by atoms with Gasteiger partial charge in [-0.25, -0.2) is 0 Å². The van der Waals surface area contributed by atoms with Crippen LogP contribution in [0.5, 0.6) is 11.5 Å². The second-order valence-electron chi connectivity index (χ2n) is 4.32. The summed E-state index contributed by atoms with van der Waals surface area (Å²) in [5, 5.41) is 21.0. The summed E-state index contributed by atoms with van der Waals surface area (Å²) in [5.74, 6) is -0.605. The molecule has 0 bridgehead atoms. The van der Waals surface area contributed by atoms with Gasteiger partial charge in [-0.15, -0.1) is 0 Å². The van der Waals surface area contributed by atoms with Crippen molar-refractivity contribution < 1.29 is 15.0 Å². The average molecular weight is 238 g/mol. The van der Waals surface area contributed by atoms with Crippen LogP contribution < -0.4 is 11.1 Å². The van der Waals surface area contributed by atoms with Crippen molar-refractivity contribution in [2.45, 2.75) is 19.9 Å². The van der Waals surface area contributed by atoms with Crippen LogP contribution in [0.1, 0.15) is 24.2 Å². The van der Waals surface area contributed by atoms with Crippen LogP contribution >= 0.6 is 0 Å². The van der Waals surface area contributed by atoms with E-state index in [2.05, 4.69) is 5.32 Å². The topological polar surface area (TPSA) is 95.6 Å². The molecule has 5 nitrogen and oxygen atoms in total. The fourth-order valence-electron chi connectivity index (χ4n) is 1.21. The minimum atomic E-state index is -0.323. The van der Waals surface area contributed by atoms with Gasteiger partial charge in [0.25, 0.3) is 5.91 Å². The van der Waals surface area contributed by atoms with Gasteiger partial charge < -0.3 is 21.3 Å². The van der Waals surface area contributed by atoms with Crippen LogP contribution in [0.3, 0.4) is 0 Å². The van der Waals surface area contributed by atoms with E-state index >= 15 is 0 Å². The fraction of sp³-hybridized carbons (Fsp3) is 0.417. The third-order valence-electron chi connectivity index (χ3n) is 2.59. The zero-order valence-electron chi connectivity index (χ0n) is 9.97. The number of hydrogen-bond acceptors (Lipinski definition) is 4. The number of aromatic hydroxyl groups is 2. The number of hydrogen-bond donors (Lipinski definition) is 4. The molecule has 0 radical (unpaired) electrons. The van der Waals surface area contributed by atoms with Crippen LogP contribution in [-0.2, 0) is 0 Å². The first-order valence-electron chi connectivity index (χ1n) is 5.47. The first-order chi connectivity index (χ1) is 7.91. The maximum Gasteiger partial charge on any atom is 0.251 e. The SMILES string of the molecule is CC(C)C(N)CNC(=O)c1ccc(O)c(O)c1. The first kappa shape index (κ1) is 13.3. The highest BCUT2D eigenvalue weighted by molar-refractivity contribution is 5.94. The molecule has 1 unspecified atom stereocenters. The third kappa shape index (κ3) is 3.64. The Morgan fingerprint density at radius 1 is 1.35 bits per heavy atom. The van der Waals surface area contributed by atoms with E-state index in [1.807, 2.05) is 13.8 Å². The quantitative estimate of drug-likeness (QED) is 0.584. The molecule has 0 aliphatic rings. The van der Waals surface area contributed by atoms with Gasteiger partial charge in [0.2, 0.25) is 0 Å². The highest BCUT2D eigenvalue weighted by Gasteiger charge is 2.12. The molecule has 0 fully saturated rings. The molecular weight excluding hydrogens is 220 g/mol. The molecule has 1 aromatic rings. The highest BCUT2D eigenvalue weighted by Crippen LogP contribution is 2.24. The lowest BCUT2D eigenvalue weighted by Crippen LogP contribution is -2.40. The van der Waals surface area contributed by atoms with Gasteiger partial charge in [0.05, 0.1) is 0 Å². The fourth-order valence-corrected chi connectivity index (χ4v) is 1.21. The Balaban J connectivity index is 2.61. The molecule has 0 saturated heterocycles. The molecule has 0 spiro atoms. The second kappa shape index (κ2) is 5.54. The monoisotopic (exact) mass is 238 g/mol. The zero-order chi connectivity index (χ0) is 13.0. The molecule has 0 aromatic heterocycles. The van der Waals surface area contributed by atoms with Gasteiger partial charge in [-0.1, -0.05) is 13.8 Å². The van der Waals surface area contributed by atoms with Crippen LogP contribution in [0, 0.1) is 5.92 Å². The summed E-state index contributed by atoms with van der Waals surface area (Å²) >= 11 is 0. The lowest BCUT2D eigenvalue weighted by molar-refractivity contribution is 0.0949. The van der Waals surface area contributed by atoms with Crippen molar-refractivity contribution in [1.29, 1.82) is 0 Å². The van der Waals surface area contributed by atoms with Gasteiger partial charge in [-0.2, -0.15) is 0 Å². The largest absolute Gasteiger partial charge is 0.504 e. The second-order valence-corrected chi connectivity index (χ2v) is 4.32. The number of phenols is 2. The van der Waals surface area contributed by atoms with E-state index in [-0.39, 0.29) is 34.9 Å². The number of phenolic OH excluding ortho intramolecular Hbond substituents is 2. The van der Waals surface area contributed by atoms with E-state index in [4.69, 9.17) is 10.8 Å². The predicted molar refractivity (Wildman–Crippen MR) is 64.9 cm³/mol. The molecule has 0 aliphatic heterocycles. The Labute approximate surface area is 100 Å². The number of nitrogens with one attached hydrogen (secondary N) is 1. The number of nitrogens with two attached hydrogens (primary N) is 1. The number of carbonyl (C=O) groups excluding carboxylic acids is 1. The van der Waals surface area contributed by atoms with Crippen molar-refractivity contribution in [1.82, 2.24) is 5.32 Å². The summed E-state index contributed by atoms with van der Waals surface area (Å²) in [5.41, 5.74) is 6.08. The van der Waals surface area contributed by atoms with E-state index in [1.165, 1.54) is 18.2 Å². The van der Waals surface area contributed by atoms with E-state index in [1.54, 1.807) is 0 Å². The standard InChI is InChI=1S/C12H18N2O3/c1-7(2)9(13)6-14-12(17)8-3-4-10(15)11(16)5-8/h3-5,7,9,15-16H,6,13H2,1-2H3,(H,14,17). The maximum absolute atomic E-state index is 11.7. The van der Waals surface area contributed by atoms with Gasteiger partial charge in [0, 0.05) is 18.2 Å². The van der Waals surface area contributed by atoms with E-state index in [0.29, 0.717) is 6.54 Å². The lowest BCUT2D eigenvalue weighted by atomic mass is 10.1. The average Bonchev–Trinajstić information content (AvgIpc) is 2.28. The number of benzene rings is 1. The van der Waals surface area contributed by atoms with Gasteiger partial charge in [0.1, 0.15) is 0 Å². The highest BCUT2D eigenvalue weighted by atomic mass is 16.3. The normalized spacial score (nSPS) is 12.5. The van der Waals surface area contributed by atoms with E-state index in [0.717, 1.165) is 0 Å². The summed E-state index contributed by atoms with van der Waals surface area (Å²) in [6.45, 7) is 4.32. The Morgan fingerprint density at radius 3 is 2.53 bits per heavy atom. The Morgan fingerprint density at radius 2 is 2.00 bits per heavy atom. The molecule has 1 amide bonds. The summed E-state index contributed by atoms with van der Waals surface area (Å²) < 4.78 is 0. The molecule has 5 heteroatoms. The van der Waals surface area contributed by atoms with Gasteiger partial charge >= 0.3 is 0 Å². The van der Waals surface area contributed by atoms with Crippen molar-refractivity contribution >= 4 is 5.91 Å². The summed E-state index contributed by atoms with van der Waals surface area (Å²) in [4.78, 5) is 11.7. The number of amides is 1. The molecule has 5 N–H and O–H groups in total. The van der Waals surface area contributed by atoms with Crippen molar-refractivity contribution in [2.24, 2.45) is 11.7 Å². The Kier molecular flexibility index (Phi) is 4.34. The molecular formula is C12H18N2O3. The molecule has 1 aromatic carbocycles. The predicted octanol–water partition coefficient (Wildman–Crippen LogP) is 0.811. The van der Waals surface area contributed by atoms with Crippen LogP contribution in [-0.4, -0.2) is 28.7 Å². The van der Waals surface area contributed by atoms with Crippen molar-refractivity contribution in [3.8, 4) is 11.5 Å². The molecule has 1 atom stereocenters. The van der Waals surface area contributed by atoms with E-state index < -0.39 is 0 Å². The maximum atomic E-state index is 11.7. The van der Waals surface area contributed by atoms with Crippen molar-refractivity contribution in [2.75, 3.05) is 6.54 Å². The van der Waals surface area contributed by atoms with Crippen LogP contribution in [0.25, 0.3) is 0 Å². The molecule has 1 rings (SSSR count). The van der Waals surface area contributed by atoms with Crippen molar-refractivity contribution in [3.05, 3.63) is 23.8 Å². The minimum Gasteiger partial charge on any atom is -0.504 e.